The molecule has 0 aliphatic carbocycles. The average Bonchev–Trinajstić information content (AvgIpc) is 2.49. The lowest BCUT2D eigenvalue weighted by molar-refractivity contribution is 0.392. The van der Waals surface area contributed by atoms with Crippen LogP contribution in [-0.2, 0) is 0 Å². The van der Waals surface area contributed by atoms with Crippen LogP contribution in [0.5, 0.6) is 11.5 Å². The molecule has 1 atom stereocenters. The Morgan fingerprint density at radius 3 is 2.55 bits per heavy atom. The zero-order chi connectivity index (χ0) is 14.5. The maximum atomic E-state index is 13.5. The number of nitrogens with two attached hydrogens (primary N) is 1. The van der Waals surface area contributed by atoms with Gasteiger partial charge in [-0.1, -0.05) is 0 Å². The molecular weight excluding hydrogens is 261 g/mol. The van der Waals surface area contributed by atoms with Gasteiger partial charge in [-0.15, -0.1) is 0 Å². The highest BCUT2D eigenvalue weighted by Gasteiger charge is 2.21. The number of hydrazine groups is 1. The molecule has 0 saturated carbocycles. The van der Waals surface area contributed by atoms with Gasteiger partial charge in [0.2, 0.25) is 0 Å². The Kier molecular flexibility index (Phi) is 4.49. The van der Waals surface area contributed by atoms with Crippen LogP contribution in [0.25, 0.3) is 0 Å². The number of benzene rings is 1. The van der Waals surface area contributed by atoms with E-state index in [1.807, 2.05) is 0 Å². The fourth-order valence-electron chi connectivity index (χ4n) is 2.08. The molecule has 0 bridgehead atoms. The highest BCUT2D eigenvalue weighted by atomic mass is 19.1. The van der Waals surface area contributed by atoms with Crippen LogP contribution in [0.4, 0.5) is 4.39 Å². The summed E-state index contributed by atoms with van der Waals surface area (Å²) in [5.74, 6) is 6.36. The monoisotopic (exact) mass is 277 g/mol. The van der Waals surface area contributed by atoms with Crippen molar-refractivity contribution in [1.82, 2.24) is 10.4 Å². The number of ether oxygens (including phenoxy) is 2. The molecule has 0 radical (unpaired) electrons. The number of hydrogen-bond acceptors (Lipinski definition) is 5. The second-order valence-electron chi connectivity index (χ2n) is 4.10. The van der Waals surface area contributed by atoms with E-state index in [1.54, 1.807) is 24.5 Å². The summed E-state index contributed by atoms with van der Waals surface area (Å²) in [6.07, 6.45) is 3.19. The molecule has 1 heterocycles. The van der Waals surface area contributed by atoms with Crippen LogP contribution in [0, 0.1) is 5.82 Å². The van der Waals surface area contributed by atoms with E-state index in [4.69, 9.17) is 15.3 Å². The highest BCUT2D eigenvalue weighted by molar-refractivity contribution is 5.45. The Morgan fingerprint density at radius 2 is 1.90 bits per heavy atom. The number of aromatic nitrogens is 1. The zero-order valence-electron chi connectivity index (χ0n) is 11.3. The molecule has 0 fully saturated rings. The maximum Gasteiger partial charge on any atom is 0.142 e. The number of methoxy groups -OCH3 is 2. The summed E-state index contributed by atoms with van der Waals surface area (Å²) in [4.78, 5) is 3.99. The topological polar surface area (TPSA) is 69.4 Å². The second-order valence-corrected chi connectivity index (χ2v) is 4.10. The van der Waals surface area contributed by atoms with Gasteiger partial charge < -0.3 is 9.47 Å². The summed E-state index contributed by atoms with van der Waals surface area (Å²) in [6, 6.07) is 5.55. The van der Waals surface area contributed by atoms with Crippen LogP contribution < -0.4 is 20.7 Å². The first-order chi connectivity index (χ1) is 9.71. The predicted molar refractivity (Wildman–Crippen MR) is 72.9 cm³/mol. The lowest BCUT2D eigenvalue weighted by Crippen LogP contribution is -2.29. The SMILES string of the molecule is COc1cnccc1C(NN)c1cc(F)ccc1OC. The third-order valence-corrected chi connectivity index (χ3v) is 3.02. The van der Waals surface area contributed by atoms with Crippen LogP contribution in [0.3, 0.4) is 0 Å². The van der Waals surface area contributed by atoms with Gasteiger partial charge in [-0.3, -0.25) is 10.8 Å². The molecule has 1 aromatic heterocycles. The molecule has 2 rings (SSSR count). The molecule has 6 heteroatoms. The average molecular weight is 277 g/mol. The second kappa shape index (κ2) is 6.31. The van der Waals surface area contributed by atoms with Crippen molar-refractivity contribution in [2.24, 2.45) is 5.84 Å². The van der Waals surface area contributed by atoms with Crippen molar-refractivity contribution in [3.63, 3.8) is 0 Å². The van der Waals surface area contributed by atoms with E-state index in [9.17, 15) is 4.39 Å². The van der Waals surface area contributed by atoms with Gasteiger partial charge in [-0.25, -0.2) is 9.82 Å². The van der Waals surface area contributed by atoms with Crippen molar-refractivity contribution in [2.75, 3.05) is 14.2 Å². The molecular formula is C14H16FN3O2. The van der Waals surface area contributed by atoms with Crippen molar-refractivity contribution in [2.45, 2.75) is 6.04 Å². The van der Waals surface area contributed by atoms with Crippen LogP contribution in [-0.4, -0.2) is 19.2 Å². The summed E-state index contributed by atoms with van der Waals surface area (Å²) in [6.45, 7) is 0. The third kappa shape index (κ3) is 2.71. The van der Waals surface area contributed by atoms with Gasteiger partial charge in [0.1, 0.15) is 17.3 Å². The van der Waals surface area contributed by atoms with Crippen LogP contribution in [0.1, 0.15) is 17.2 Å². The van der Waals surface area contributed by atoms with E-state index < -0.39 is 6.04 Å². The molecule has 0 spiro atoms. The minimum Gasteiger partial charge on any atom is -0.496 e. The molecule has 0 saturated heterocycles. The van der Waals surface area contributed by atoms with Gasteiger partial charge in [0.15, 0.2) is 0 Å². The Hall–Kier alpha value is -2.18. The number of nitrogens with one attached hydrogen (secondary N) is 1. The zero-order valence-corrected chi connectivity index (χ0v) is 11.3. The Bertz CT molecular complexity index is 592. The molecule has 1 unspecified atom stereocenters. The summed E-state index contributed by atoms with van der Waals surface area (Å²) in [5, 5.41) is 0. The van der Waals surface area contributed by atoms with Gasteiger partial charge in [0.05, 0.1) is 26.5 Å². The van der Waals surface area contributed by atoms with Crippen LogP contribution in [0.2, 0.25) is 0 Å². The Balaban J connectivity index is 2.55. The van der Waals surface area contributed by atoms with Gasteiger partial charge in [-0.2, -0.15) is 0 Å². The quantitative estimate of drug-likeness (QED) is 0.644. The first kappa shape index (κ1) is 14.2. The number of hydrogen-bond donors (Lipinski definition) is 2. The van der Waals surface area contributed by atoms with Crippen molar-refractivity contribution in [1.29, 1.82) is 0 Å². The van der Waals surface area contributed by atoms with E-state index in [0.717, 1.165) is 5.56 Å². The first-order valence-corrected chi connectivity index (χ1v) is 5.98. The number of pyridine rings is 1. The van der Waals surface area contributed by atoms with E-state index in [1.165, 1.54) is 26.4 Å². The molecule has 5 nitrogen and oxygen atoms in total. The van der Waals surface area contributed by atoms with Gasteiger partial charge >= 0.3 is 0 Å². The molecule has 0 aliphatic heterocycles. The number of rotatable bonds is 5. The third-order valence-electron chi connectivity index (χ3n) is 3.02. The normalized spacial score (nSPS) is 12.0. The lowest BCUT2D eigenvalue weighted by Gasteiger charge is -2.21. The Labute approximate surface area is 116 Å². The van der Waals surface area contributed by atoms with Crippen molar-refractivity contribution in [3.8, 4) is 11.5 Å². The molecule has 20 heavy (non-hydrogen) atoms. The fraction of sp³-hybridized carbons (Fsp3) is 0.214. The van der Waals surface area contributed by atoms with E-state index in [-0.39, 0.29) is 5.82 Å². The Morgan fingerprint density at radius 1 is 1.15 bits per heavy atom. The largest absolute Gasteiger partial charge is 0.496 e. The van der Waals surface area contributed by atoms with Gasteiger partial charge in [0, 0.05) is 17.3 Å². The van der Waals surface area contributed by atoms with Crippen LogP contribution in [0.15, 0.2) is 36.7 Å². The molecule has 106 valence electrons. The van der Waals surface area contributed by atoms with Crippen molar-refractivity contribution in [3.05, 3.63) is 53.6 Å². The van der Waals surface area contributed by atoms with Crippen molar-refractivity contribution >= 4 is 0 Å². The van der Waals surface area contributed by atoms with E-state index >= 15 is 0 Å². The first-order valence-electron chi connectivity index (χ1n) is 5.98. The van der Waals surface area contributed by atoms with E-state index in [2.05, 4.69) is 10.4 Å². The summed E-state index contributed by atoms with van der Waals surface area (Å²) in [5.41, 5.74) is 3.98. The number of halogens is 1. The summed E-state index contributed by atoms with van der Waals surface area (Å²) in [7, 11) is 3.06. The molecule has 3 N–H and O–H groups in total. The summed E-state index contributed by atoms with van der Waals surface area (Å²) >= 11 is 0. The lowest BCUT2D eigenvalue weighted by atomic mass is 9.98. The van der Waals surface area contributed by atoms with E-state index in [0.29, 0.717) is 17.1 Å². The smallest absolute Gasteiger partial charge is 0.142 e. The predicted octanol–water partition coefficient (Wildman–Crippen LogP) is 1.79. The summed E-state index contributed by atoms with van der Waals surface area (Å²) < 4.78 is 24.0. The minimum absolute atomic E-state index is 0.367. The van der Waals surface area contributed by atoms with Gasteiger partial charge in [-0.05, 0) is 24.3 Å². The molecule has 0 amide bonds. The molecule has 1 aromatic carbocycles. The van der Waals surface area contributed by atoms with Crippen molar-refractivity contribution < 1.29 is 13.9 Å². The van der Waals surface area contributed by atoms with Gasteiger partial charge in [0.25, 0.3) is 0 Å². The van der Waals surface area contributed by atoms with Crippen LogP contribution >= 0.6 is 0 Å². The highest BCUT2D eigenvalue weighted by Crippen LogP contribution is 2.34. The standard InChI is InChI=1S/C14H16FN3O2/c1-19-12-4-3-9(15)7-11(12)14(18-16)10-5-6-17-8-13(10)20-2/h3-8,14,18H,16H2,1-2H3. The minimum atomic E-state index is -0.474. The fourth-order valence-corrected chi connectivity index (χ4v) is 2.08. The molecule has 0 aliphatic rings. The number of nitrogens with zero attached hydrogens (tertiary/aromatic N) is 1. The maximum absolute atomic E-state index is 13.5. The molecule has 2 aromatic rings.